The molecule has 1 aromatic carbocycles. The maximum Gasteiger partial charge on any atom is 0.335 e. The molecule has 1 rings (SSSR count). The van der Waals surface area contributed by atoms with E-state index < -0.39 is 37.4 Å². The predicted octanol–water partition coefficient (Wildman–Crippen LogP) is 3.23. The number of carbonyl (C=O) groups is 3. The first kappa shape index (κ1) is 25.8. The van der Waals surface area contributed by atoms with Crippen LogP contribution < -0.4 is 5.32 Å². The summed E-state index contributed by atoms with van der Waals surface area (Å²) in [5, 5.41) is 11.8. The molecular formula is C20H30NO8P. The zero-order valence-electron chi connectivity index (χ0n) is 17.8. The highest BCUT2D eigenvalue weighted by molar-refractivity contribution is 7.53. The van der Waals surface area contributed by atoms with Crippen LogP contribution in [-0.2, 0) is 34.1 Å². The molecule has 0 heterocycles. The Morgan fingerprint density at radius 2 is 1.60 bits per heavy atom. The molecule has 10 heteroatoms. The Kier molecular flexibility index (Phi) is 10.7. The van der Waals surface area contributed by atoms with Gasteiger partial charge in [0.2, 0.25) is 0 Å². The van der Waals surface area contributed by atoms with Gasteiger partial charge in [0, 0.05) is 5.56 Å². The Hall–Kier alpha value is -2.22. The minimum absolute atomic E-state index is 0.0609. The minimum Gasteiger partial charge on any atom is -0.480 e. The van der Waals surface area contributed by atoms with Crippen LogP contribution in [0.4, 0.5) is 0 Å². The van der Waals surface area contributed by atoms with Gasteiger partial charge in [-0.25, -0.2) is 4.79 Å². The molecule has 1 aromatic rings. The molecule has 0 saturated carbocycles. The molecule has 168 valence electrons. The van der Waals surface area contributed by atoms with E-state index in [9.17, 15) is 24.1 Å². The third-order valence-electron chi connectivity index (χ3n) is 4.13. The maximum atomic E-state index is 12.6. The predicted molar refractivity (Wildman–Crippen MR) is 110 cm³/mol. The van der Waals surface area contributed by atoms with Crippen molar-refractivity contribution in [2.24, 2.45) is 5.92 Å². The van der Waals surface area contributed by atoms with Crippen LogP contribution in [0.25, 0.3) is 0 Å². The zero-order chi connectivity index (χ0) is 22.7. The molecule has 30 heavy (non-hydrogen) atoms. The van der Waals surface area contributed by atoms with Crippen LogP contribution in [0.1, 0.15) is 50.0 Å². The quantitative estimate of drug-likeness (QED) is 0.351. The number of amides is 1. The second kappa shape index (κ2) is 12.5. The molecule has 0 aliphatic carbocycles. The van der Waals surface area contributed by atoms with Gasteiger partial charge >= 0.3 is 19.5 Å². The molecule has 0 saturated heterocycles. The maximum absolute atomic E-state index is 12.6. The number of esters is 1. The first-order valence-electron chi connectivity index (χ1n) is 9.83. The van der Waals surface area contributed by atoms with E-state index in [-0.39, 0.29) is 38.0 Å². The van der Waals surface area contributed by atoms with E-state index in [1.54, 1.807) is 39.8 Å². The molecule has 2 atom stereocenters. The summed E-state index contributed by atoms with van der Waals surface area (Å²) in [7, 11) is -3.27. The van der Waals surface area contributed by atoms with Crippen molar-refractivity contribution in [3.05, 3.63) is 35.4 Å². The van der Waals surface area contributed by atoms with Crippen LogP contribution in [0, 0.1) is 5.92 Å². The summed E-state index contributed by atoms with van der Waals surface area (Å²) in [6, 6.07) is 4.97. The van der Waals surface area contributed by atoms with Gasteiger partial charge in [0.15, 0.2) is 0 Å². The molecule has 0 fully saturated rings. The molecule has 0 aliphatic rings. The van der Waals surface area contributed by atoms with Gasteiger partial charge in [-0.15, -0.1) is 0 Å². The number of carboxylic acid groups (broad SMARTS) is 1. The lowest BCUT2D eigenvalue weighted by molar-refractivity contribution is -0.148. The lowest BCUT2D eigenvalue weighted by atomic mass is 10.0. The van der Waals surface area contributed by atoms with E-state index in [2.05, 4.69) is 5.32 Å². The van der Waals surface area contributed by atoms with Gasteiger partial charge in [-0.2, -0.15) is 0 Å². The summed E-state index contributed by atoms with van der Waals surface area (Å²) >= 11 is 0. The van der Waals surface area contributed by atoms with Crippen LogP contribution >= 0.6 is 7.60 Å². The van der Waals surface area contributed by atoms with Gasteiger partial charge < -0.3 is 24.2 Å². The van der Waals surface area contributed by atoms with Crippen molar-refractivity contribution in [1.82, 2.24) is 5.32 Å². The highest BCUT2D eigenvalue weighted by Gasteiger charge is 2.27. The minimum atomic E-state index is -3.27. The second-order valence-corrected chi connectivity index (χ2v) is 8.61. The summed E-state index contributed by atoms with van der Waals surface area (Å²) in [6.45, 7) is 7.34. The number of carbonyl (C=O) groups excluding carboxylic acids is 2. The van der Waals surface area contributed by atoms with Crippen LogP contribution in [0.2, 0.25) is 0 Å². The van der Waals surface area contributed by atoms with Crippen molar-refractivity contribution in [2.45, 2.75) is 46.3 Å². The first-order chi connectivity index (χ1) is 14.2. The standard InChI is InChI=1S/C20H30NO8P/c1-5-27-20(25)14(4)12-17(19(23)24)21-18(22)16-10-8-15(9-11-16)13-30(26,28-6-2)29-7-3/h8-11,14,17H,5-7,12-13H2,1-4H3,(H,21,22)(H,23,24)/t14-,17+/m1/s1. The Morgan fingerprint density at radius 1 is 1.03 bits per heavy atom. The molecule has 9 nitrogen and oxygen atoms in total. The van der Waals surface area contributed by atoms with Gasteiger partial charge in [0.25, 0.3) is 5.91 Å². The number of ether oxygens (including phenoxy) is 1. The van der Waals surface area contributed by atoms with E-state index in [4.69, 9.17) is 13.8 Å². The van der Waals surface area contributed by atoms with Gasteiger partial charge in [-0.05, 0) is 44.9 Å². The molecule has 0 radical (unpaired) electrons. The summed E-state index contributed by atoms with van der Waals surface area (Å²) in [5.74, 6) is -3.04. The fourth-order valence-electron chi connectivity index (χ4n) is 2.70. The average Bonchev–Trinajstić information content (AvgIpc) is 2.68. The second-order valence-electron chi connectivity index (χ2n) is 6.55. The zero-order valence-corrected chi connectivity index (χ0v) is 18.6. The molecule has 0 unspecified atom stereocenters. The van der Waals surface area contributed by atoms with Crippen LogP contribution in [0.15, 0.2) is 24.3 Å². The van der Waals surface area contributed by atoms with Crippen molar-refractivity contribution in [3.8, 4) is 0 Å². The Morgan fingerprint density at radius 3 is 2.07 bits per heavy atom. The van der Waals surface area contributed by atoms with Crippen LogP contribution in [0.3, 0.4) is 0 Å². The number of benzene rings is 1. The van der Waals surface area contributed by atoms with E-state index >= 15 is 0 Å². The fraction of sp³-hybridized carbons (Fsp3) is 0.550. The molecule has 0 aliphatic heterocycles. The molecular weight excluding hydrogens is 413 g/mol. The van der Waals surface area contributed by atoms with Crippen molar-refractivity contribution in [1.29, 1.82) is 0 Å². The topological polar surface area (TPSA) is 128 Å². The van der Waals surface area contributed by atoms with Gasteiger partial charge in [-0.3, -0.25) is 14.2 Å². The Balaban J connectivity index is 2.81. The third-order valence-corrected chi connectivity index (χ3v) is 6.18. The monoisotopic (exact) mass is 443 g/mol. The molecule has 0 aromatic heterocycles. The van der Waals surface area contributed by atoms with Crippen molar-refractivity contribution < 1.29 is 37.8 Å². The van der Waals surface area contributed by atoms with Crippen LogP contribution in [0.5, 0.6) is 0 Å². The normalized spacial score (nSPS) is 13.3. The summed E-state index contributed by atoms with van der Waals surface area (Å²) in [5.41, 5.74) is 0.888. The highest BCUT2D eigenvalue weighted by Crippen LogP contribution is 2.51. The number of hydrogen-bond acceptors (Lipinski definition) is 7. The number of aliphatic carboxylic acids is 1. The summed E-state index contributed by atoms with van der Waals surface area (Å²) < 4.78 is 28.0. The molecule has 1 amide bonds. The van der Waals surface area contributed by atoms with Gasteiger partial charge in [-0.1, -0.05) is 19.1 Å². The average molecular weight is 443 g/mol. The Labute approximate surface area is 176 Å². The lowest BCUT2D eigenvalue weighted by Gasteiger charge is -2.18. The number of rotatable bonds is 13. The van der Waals surface area contributed by atoms with E-state index in [0.717, 1.165) is 0 Å². The van der Waals surface area contributed by atoms with Crippen molar-refractivity contribution >= 4 is 25.4 Å². The highest BCUT2D eigenvalue weighted by atomic mass is 31.2. The van der Waals surface area contributed by atoms with Gasteiger partial charge in [0.1, 0.15) is 6.04 Å². The lowest BCUT2D eigenvalue weighted by Crippen LogP contribution is -2.42. The van der Waals surface area contributed by atoms with E-state index in [1.165, 1.54) is 12.1 Å². The fourth-order valence-corrected chi connectivity index (χ4v) is 4.41. The SMILES string of the molecule is CCOC(=O)[C@H](C)C[C@H](NC(=O)c1ccc(CP(=O)(OCC)OCC)cc1)C(=O)O. The number of nitrogens with one attached hydrogen (secondary N) is 1. The van der Waals surface area contributed by atoms with Crippen LogP contribution in [-0.4, -0.2) is 48.8 Å². The molecule has 0 spiro atoms. The molecule has 0 bridgehead atoms. The van der Waals surface area contributed by atoms with Crippen molar-refractivity contribution in [3.63, 3.8) is 0 Å². The van der Waals surface area contributed by atoms with Crippen molar-refractivity contribution in [2.75, 3.05) is 19.8 Å². The van der Waals surface area contributed by atoms with Gasteiger partial charge in [0.05, 0.1) is 31.9 Å². The molecule has 2 N–H and O–H groups in total. The summed E-state index contributed by atoms with van der Waals surface area (Å²) in [4.78, 5) is 35.7. The van der Waals surface area contributed by atoms with E-state index in [1.807, 2.05) is 0 Å². The third kappa shape index (κ3) is 8.26. The largest absolute Gasteiger partial charge is 0.480 e. The number of carboxylic acids is 1. The smallest absolute Gasteiger partial charge is 0.335 e. The Bertz CT molecular complexity index is 755. The summed E-state index contributed by atoms with van der Waals surface area (Å²) in [6.07, 6.45) is -0.0325. The number of hydrogen-bond donors (Lipinski definition) is 2. The first-order valence-corrected chi connectivity index (χ1v) is 11.6. The van der Waals surface area contributed by atoms with E-state index in [0.29, 0.717) is 5.56 Å².